The number of rotatable bonds is 3. The van der Waals surface area contributed by atoms with Crippen LogP contribution >= 0.6 is 0 Å². The van der Waals surface area contributed by atoms with Gasteiger partial charge in [-0.2, -0.15) is 0 Å². The molecule has 4 nitrogen and oxygen atoms in total. The highest BCUT2D eigenvalue weighted by Crippen LogP contribution is 2.19. The minimum atomic E-state index is -0.911. The van der Waals surface area contributed by atoms with Crippen molar-refractivity contribution in [3.63, 3.8) is 0 Å². The van der Waals surface area contributed by atoms with Gasteiger partial charge in [-0.1, -0.05) is 30.3 Å². The van der Waals surface area contributed by atoms with Crippen molar-refractivity contribution < 1.29 is 9.90 Å². The van der Waals surface area contributed by atoms with Gasteiger partial charge in [0.05, 0.1) is 17.3 Å². The minimum Gasteiger partial charge on any atom is -0.478 e. The number of imidazole rings is 1. The van der Waals surface area contributed by atoms with E-state index in [1.807, 2.05) is 41.7 Å². The molecule has 0 aliphatic rings. The first-order valence-electron chi connectivity index (χ1n) is 6.40. The SMILES string of the molecule is Cc1ncc2ccc(C(=O)O)c(Cc3ccccc3)n12. The van der Waals surface area contributed by atoms with E-state index in [9.17, 15) is 9.90 Å². The fourth-order valence-corrected chi connectivity index (χ4v) is 2.47. The molecule has 0 aliphatic heterocycles. The van der Waals surface area contributed by atoms with Crippen LogP contribution in [0.2, 0.25) is 0 Å². The predicted molar refractivity (Wildman–Crippen MR) is 76.1 cm³/mol. The third kappa shape index (κ3) is 2.05. The van der Waals surface area contributed by atoms with Crippen LogP contribution in [0.5, 0.6) is 0 Å². The van der Waals surface area contributed by atoms with Crippen molar-refractivity contribution in [1.82, 2.24) is 9.38 Å². The van der Waals surface area contributed by atoms with Crippen LogP contribution in [-0.4, -0.2) is 20.5 Å². The van der Waals surface area contributed by atoms with Gasteiger partial charge in [0.2, 0.25) is 0 Å². The van der Waals surface area contributed by atoms with Gasteiger partial charge in [-0.25, -0.2) is 9.78 Å². The summed E-state index contributed by atoms with van der Waals surface area (Å²) in [4.78, 5) is 15.7. The van der Waals surface area contributed by atoms with E-state index in [4.69, 9.17) is 0 Å². The molecule has 0 bridgehead atoms. The molecule has 100 valence electrons. The van der Waals surface area contributed by atoms with Gasteiger partial charge < -0.3 is 5.11 Å². The van der Waals surface area contributed by atoms with Crippen LogP contribution in [-0.2, 0) is 6.42 Å². The number of carboxylic acids is 1. The third-order valence-corrected chi connectivity index (χ3v) is 3.41. The molecule has 4 heteroatoms. The fraction of sp³-hybridized carbons (Fsp3) is 0.125. The predicted octanol–water partition coefficient (Wildman–Crippen LogP) is 2.93. The van der Waals surface area contributed by atoms with Gasteiger partial charge in [0.15, 0.2) is 0 Å². The van der Waals surface area contributed by atoms with Crippen molar-refractivity contribution in [2.24, 2.45) is 0 Å². The maximum Gasteiger partial charge on any atom is 0.337 e. The summed E-state index contributed by atoms with van der Waals surface area (Å²) in [7, 11) is 0. The van der Waals surface area contributed by atoms with Crippen LogP contribution in [0.1, 0.15) is 27.4 Å². The number of fused-ring (bicyclic) bond motifs is 1. The van der Waals surface area contributed by atoms with Crippen LogP contribution in [0.3, 0.4) is 0 Å². The monoisotopic (exact) mass is 266 g/mol. The Morgan fingerprint density at radius 1 is 1.20 bits per heavy atom. The van der Waals surface area contributed by atoms with Gasteiger partial charge in [-0.15, -0.1) is 0 Å². The zero-order valence-electron chi connectivity index (χ0n) is 11.1. The second-order valence-electron chi connectivity index (χ2n) is 4.73. The van der Waals surface area contributed by atoms with Crippen LogP contribution in [0.15, 0.2) is 48.7 Å². The van der Waals surface area contributed by atoms with Crippen molar-refractivity contribution in [3.05, 3.63) is 71.3 Å². The summed E-state index contributed by atoms with van der Waals surface area (Å²) >= 11 is 0. The Bertz CT molecular complexity index is 776. The van der Waals surface area contributed by atoms with E-state index in [-0.39, 0.29) is 0 Å². The first-order chi connectivity index (χ1) is 9.66. The summed E-state index contributed by atoms with van der Waals surface area (Å²) < 4.78 is 1.91. The molecule has 0 saturated carbocycles. The summed E-state index contributed by atoms with van der Waals surface area (Å²) in [5.74, 6) is -0.111. The lowest BCUT2D eigenvalue weighted by molar-refractivity contribution is 0.0695. The first kappa shape index (κ1) is 12.4. The van der Waals surface area contributed by atoms with E-state index in [0.717, 1.165) is 22.6 Å². The van der Waals surface area contributed by atoms with Crippen molar-refractivity contribution in [2.45, 2.75) is 13.3 Å². The number of aryl methyl sites for hydroxylation is 1. The van der Waals surface area contributed by atoms with Crippen LogP contribution in [0.4, 0.5) is 0 Å². The maximum atomic E-state index is 11.5. The molecule has 0 unspecified atom stereocenters. The quantitative estimate of drug-likeness (QED) is 0.793. The van der Waals surface area contributed by atoms with Crippen molar-refractivity contribution in [1.29, 1.82) is 0 Å². The standard InChI is InChI=1S/C16H14N2O2/c1-11-17-10-13-7-8-14(16(19)20)15(18(11)13)9-12-5-3-2-4-6-12/h2-8,10H,9H2,1H3,(H,19,20). The average Bonchev–Trinajstić information content (AvgIpc) is 2.82. The molecule has 0 fully saturated rings. The number of pyridine rings is 1. The van der Waals surface area contributed by atoms with Gasteiger partial charge in [0.1, 0.15) is 5.82 Å². The van der Waals surface area contributed by atoms with Crippen molar-refractivity contribution in [2.75, 3.05) is 0 Å². The van der Waals surface area contributed by atoms with Gasteiger partial charge >= 0.3 is 5.97 Å². The first-order valence-corrected chi connectivity index (χ1v) is 6.40. The topological polar surface area (TPSA) is 54.6 Å². The van der Waals surface area contributed by atoms with Crippen LogP contribution in [0, 0.1) is 6.92 Å². The maximum absolute atomic E-state index is 11.5. The summed E-state index contributed by atoms with van der Waals surface area (Å²) in [6.45, 7) is 1.88. The molecule has 0 aliphatic carbocycles. The van der Waals surface area contributed by atoms with E-state index in [1.54, 1.807) is 18.3 Å². The molecule has 0 amide bonds. The molecular formula is C16H14N2O2. The molecule has 1 aromatic carbocycles. The molecule has 0 saturated heterocycles. The van der Waals surface area contributed by atoms with Gasteiger partial charge in [0.25, 0.3) is 0 Å². The largest absolute Gasteiger partial charge is 0.478 e. The third-order valence-electron chi connectivity index (χ3n) is 3.41. The Labute approximate surface area is 116 Å². The highest BCUT2D eigenvalue weighted by Gasteiger charge is 2.15. The van der Waals surface area contributed by atoms with E-state index in [2.05, 4.69) is 4.98 Å². The number of hydrogen-bond acceptors (Lipinski definition) is 2. The highest BCUT2D eigenvalue weighted by atomic mass is 16.4. The number of carboxylic acid groups (broad SMARTS) is 1. The fourth-order valence-electron chi connectivity index (χ4n) is 2.47. The molecule has 3 aromatic rings. The summed E-state index contributed by atoms with van der Waals surface area (Å²) in [6, 6.07) is 13.3. The summed E-state index contributed by atoms with van der Waals surface area (Å²) in [6.07, 6.45) is 2.33. The lowest BCUT2D eigenvalue weighted by atomic mass is 10.0. The molecule has 20 heavy (non-hydrogen) atoms. The lowest BCUT2D eigenvalue weighted by Crippen LogP contribution is -2.09. The molecule has 2 heterocycles. The molecule has 0 radical (unpaired) electrons. The van der Waals surface area contributed by atoms with Gasteiger partial charge in [-0.3, -0.25) is 4.40 Å². The Morgan fingerprint density at radius 3 is 2.65 bits per heavy atom. The smallest absolute Gasteiger partial charge is 0.337 e. The zero-order chi connectivity index (χ0) is 14.1. The number of benzene rings is 1. The molecule has 2 aromatic heterocycles. The van der Waals surface area contributed by atoms with Gasteiger partial charge in [0, 0.05) is 12.1 Å². The minimum absolute atomic E-state index is 0.322. The Balaban J connectivity index is 2.22. The van der Waals surface area contributed by atoms with Crippen LogP contribution < -0.4 is 0 Å². The Morgan fingerprint density at radius 2 is 1.95 bits per heavy atom. The van der Waals surface area contributed by atoms with E-state index < -0.39 is 5.97 Å². The molecule has 1 N–H and O–H groups in total. The van der Waals surface area contributed by atoms with Crippen LogP contribution in [0.25, 0.3) is 5.52 Å². The number of aromatic nitrogens is 2. The zero-order valence-corrected chi connectivity index (χ0v) is 11.1. The molecule has 0 spiro atoms. The molecule has 0 atom stereocenters. The second-order valence-corrected chi connectivity index (χ2v) is 4.73. The number of hydrogen-bond donors (Lipinski definition) is 1. The number of carbonyl (C=O) groups is 1. The van der Waals surface area contributed by atoms with E-state index in [0.29, 0.717) is 12.0 Å². The normalized spacial score (nSPS) is 10.8. The van der Waals surface area contributed by atoms with E-state index in [1.165, 1.54) is 0 Å². The summed E-state index contributed by atoms with van der Waals surface area (Å²) in [5.41, 5.74) is 3.08. The number of nitrogens with zero attached hydrogens (tertiary/aromatic N) is 2. The lowest BCUT2D eigenvalue weighted by Gasteiger charge is -2.11. The molecular weight excluding hydrogens is 252 g/mol. The average molecular weight is 266 g/mol. The van der Waals surface area contributed by atoms with Gasteiger partial charge in [-0.05, 0) is 24.6 Å². The Hall–Kier alpha value is -2.62. The molecule has 3 rings (SSSR count). The highest BCUT2D eigenvalue weighted by molar-refractivity contribution is 5.89. The van der Waals surface area contributed by atoms with Crippen molar-refractivity contribution in [3.8, 4) is 0 Å². The van der Waals surface area contributed by atoms with E-state index >= 15 is 0 Å². The number of aromatic carboxylic acids is 1. The summed E-state index contributed by atoms with van der Waals surface area (Å²) in [5, 5.41) is 9.40. The van der Waals surface area contributed by atoms with Crippen molar-refractivity contribution >= 4 is 11.5 Å². The Kier molecular flexibility index (Phi) is 2.99. The second kappa shape index (κ2) is 4.81.